The first-order valence-corrected chi connectivity index (χ1v) is 13.5. The third kappa shape index (κ3) is 5.51. The lowest BCUT2D eigenvalue weighted by molar-refractivity contribution is -0.115. The van der Waals surface area contributed by atoms with Gasteiger partial charge in [0.25, 0.3) is 0 Å². The van der Waals surface area contributed by atoms with Gasteiger partial charge in [0.15, 0.2) is 5.13 Å². The Morgan fingerprint density at radius 3 is 2.74 bits per heavy atom. The van der Waals surface area contributed by atoms with Crippen molar-refractivity contribution in [3.8, 4) is 17.3 Å². The molecule has 0 spiro atoms. The number of nitrogens with one attached hydrogen (secondary N) is 1. The normalized spacial score (nSPS) is 16.4. The van der Waals surface area contributed by atoms with Crippen LogP contribution in [0, 0.1) is 22.7 Å². The fraction of sp³-hybridized carbons (Fsp3) is 0.407. The van der Waals surface area contributed by atoms with Crippen LogP contribution in [0.3, 0.4) is 0 Å². The van der Waals surface area contributed by atoms with Crippen molar-refractivity contribution < 1.29 is 4.79 Å². The molecule has 176 valence electrons. The van der Waals surface area contributed by atoms with Gasteiger partial charge in [-0.25, -0.2) is 9.97 Å². The maximum atomic E-state index is 13.1. The van der Waals surface area contributed by atoms with Crippen molar-refractivity contribution in [1.82, 2.24) is 9.97 Å². The van der Waals surface area contributed by atoms with Gasteiger partial charge in [0.05, 0.1) is 16.5 Å². The number of fused-ring (bicyclic) bond motifs is 1. The molecule has 7 heteroatoms. The molecule has 0 saturated carbocycles. The average molecular weight is 491 g/mol. The smallest absolute Gasteiger partial charge is 0.239 e. The monoisotopic (exact) mass is 490 g/mol. The first kappa shape index (κ1) is 24.4. The average Bonchev–Trinajstić information content (AvgIpc) is 3.29. The molecule has 2 heterocycles. The topological polar surface area (TPSA) is 78.7 Å². The van der Waals surface area contributed by atoms with Gasteiger partial charge < -0.3 is 5.32 Å². The second-order valence-electron chi connectivity index (χ2n) is 9.77. The fourth-order valence-corrected chi connectivity index (χ4v) is 5.99. The quantitative estimate of drug-likeness (QED) is 0.387. The summed E-state index contributed by atoms with van der Waals surface area (Å²) >= 11 is 2.80. The van der Waals surface area contributed by atoms with Crippen molar-refractivity contribution in [1.29, 1.82) is 5.26 Å². The molecule has 0 fully saturated rings. The number of benzene rings is 1. The Morgan fingerprint density at radius 2 is 2.06 bits per heavy atom. The summed E-state index contributed by atoms with van der Waals surface area (Å²) in [6, 6.07) is 14.2. The van der Waals surface area contributed by atoms with E-state index in [9.17, 15) is 10.1 Å². The number of pyridine rings is 1. The van der Waals surface area contributed by atoms with E-state index in [-0.39, 0.29) is 16.6 Å². The highest BCUT2D eigenvalue weighted by Gasteiger charge is 2.30. The van der Waals surface area contributed by atoms with Crippen LogP contribution in [0.15, 0.2) is 46.8 Å². The number of thioether (sulfide) groups is 1. The Morgan fingerprint density at radius 1 is 1.29 bits per heavy atom. The third-order valence-electron chi connectivity index (χ3n) is 6.42. The van der Waals surface area contributed by atoms with Crippen molar-refractivity contribution in [3.63, 3.8) is 0 Å². The van der Waals surface area contributed by atoms with Gasteiger partial charge in [-0.05, 0) is 48.6 Å². The van der Waals surface area contributed by atoms with Crippen LogP contribution in [0.25, 0.3) is 11.3 Å². The van der Waals surface area contributed by atoms with Gasteiger partial charge in [0.1, 0.15) is 11.1 Å². The minimum absolute atomic E-state index is 0.113. The van der Waals surface area contributed by atoms with Gasteiger partial charge >= 0.3 is 0 Å². The molecule has 0 saturated heterocycles. The van der Waals surface area contributed by atoms with Crippen molar-refractivity contribution in [2.45, 2.75) is 63.7 Å². The maximum Gasteiger partial charge on any atom is 0.239 e. The summed E-state index contributed by atoms with van der Waals surface area (Å²) in [6.07, 6.45) is 3.60. The number of carbonyl (C=O) groups is 1. The van der Waals surface area contributed by atoms with Crippen LogP contribution in [0.5, 0.6) is 0 Å². The van der Waals surface area contributed by atoms with Crippen LogP contribution in [0.1, 0.15) is 57.4 Å². The van der Waals surface area contributed by atoms with Gasteiger partial charge in [0.2, 0.25) is 5.91 Å². The zero-order valence-electron chi connectivity index (χ0n) is 20.1. The molecule has 1 aromatic carbocycles. The summed E-state index contributed by atoms with van der Waals surface area (Å²) in [4.78, 5) is 22.5. The molecule has 4 rings (SSSR count). The Balaban J connectivity index is 1.48. The standard InChI is InChI=1S/C27H30N4OS2/c1-5-23(24(32)31-26-30-22(16-33-26)17-9-7-6-8-10-17)34-25-19(15-28)13-18-14-20(27(2,3)4)11-12-21(18)29-25/h6-10,13,16,20,23H,5,11-12,14H2,1-4H3,(H,30,31,32). The van der Waals surface area contributed by atoms with Gasteiger partial charge in [-0.2, -0.15) is 5.26 Å². The van der Waals surface area contributed by atoms with Gasteiger partial charge in [-0.1, -0.05) is 69.8 Å². The molecule has 1 N–H and O–H groups in total. The molecule has 34 heavy (non-hydrogen) atoms. The number of rotatable bonds is 6. The van der Waals surface area contributed by atoms with Crippen molar-refractivity contribution in [3.05, 3.63) is 58.6 Å². The SMILES string of the molecule is CCC(Sc1nc2c(cc1C#N)CC(C(C)(C)C)CC2)C(=O)Nc1nc(-c2ccccc2)cs1. The van der Waals surface area contributed by atoms with Gasteiger partial charge in [-0.15, -0.1) is 11.3 Å². The van der Waals surface area contributed by atoms with Crippen LogP contribution >= 0.6 is 23.1 Å². The summed E-state index contributed by atoms with van der Waals surface area (Å²) in [6.45, 7) is 8.82. The van der Waals surface area contributed by atoms with Crippen LogP contribution in [-0.4, -0.2) is 21.1 Å². The molecule has 0 bridgehead atoms. The molecule has 5 nitrogen and oxygen atoms in total. The van der Waals surface area contributed by atoms with E-state index in [1.165, 1.54) is 28.7 Å². The first-order chi connectivity index (χ1) is 16.3. The van der Waals surface area contributed by atoms with E-state index in [1.807, 2.05) is 48.7 Å². The van der Waals surface area contributed by atoms with E-state index in [1.54, 1.807) is 0 Å². The lowest BCUT2D eigenvalue weighted by Crippen LogP contribution is -2.28. The van der Waals surface area contributed by atoms with Crippen LogP contribution in [-0.2, 0) is 17.6 Å². The number of amides is 1. The van der Waals surface area contributed by atoms with Crippen LogP contribution in [0.2, 0.25) is 0 Å². The zero-order valence-corrected chi connectivity index (χ0v) is 21.7. The highest BCUT2D eigenvalue weighted by molar-refractivity contribution is 8.00. The van der Waals surface area contributed by atoms with Crippen molar-refractivity contribution >= 4 is 34.1 Å². The summed E-state index contributed by atoms with van der Waals surface area (Å²) < 4.78 is 0. The number of anilines is 1. The molecule has 0 aliphatic heterocycles. The first-order valence-electron chi connectivity index (χ1n) is 11.7. The highest BCUT2D eigenvalue weighted by atomic mass is 32.2. The summed E-state index contributed by atoms with van der Waals surface area (Å²) in [5, 5.41) is 15.6. The largest absolute Gasteiger partial charge is 0.301 e. The number of aromatic nitrogens is 2. The van der Waals surface area contributed by atoms with E-state index in [0.29, 0.717) is 28.1 Å². The number of carbonyl (C=O) groups excluding carboxylic acids is 1. The molecular formula is C27H30N4OS2. The van der Waals surface area contributed by atoms with E-state index >= 15 is 0 Å². The summed E-state index contributed by atoms with van der Waals surface area (Å²) in [7, 11) is 0. The van der Waals surface area contributed by atoms with Crippen LogP contribution < -0.4 is 5.32 Å². The predicted octanol–water partition coefficient (Wildman–Crippen LogP) is 6.74. The van der Waals surface area contributed by atoms with Crippen molar-refractivity contribution in [2.24, 2.45) is 11.3 Å². The number of thiazole rings is 1. The molecule has 2 aromatic heterocycles. The second kappa shape index (κ2) is 10.3. The number of nitrogens with zero attached hydrogens (tertiary/aromatic N) is 3. The lowest BCUT2D eigenvalue weighted by Gasteiger charge is -2.34. The Kier molecular flexibility index (Phi) is 7.39. The van der Waals surface area contributed by atoms with E-state index in [4.69, 9.17) is 4.98 Å². The lowest BCUT2D eigenvalue weighted by atomic mass is 9.71. The van der Waals surface area contributed by atoms with Crippen molar-refractivity contribution in [2.75, 3.05) is 5.32 Å². The molecule has 3 aromatic rings. The number of aryl methyl sites for hydroxylation is 1. The third-order valence-corrected chi connectivity index (χ3v) is 8.54. The minimum Gasteiger partial charge on any atom is -0.301 e. The number of hydrogen-bond donors (Lipinski definition) is 1. The molecule has 2 unspecified atom stereocenters. The maximum absolute atomic E-state index is 13.1. The van der Waals surface area contributed by atoms with Gasteiger partial charge in [-0.3, -0.25) is 4.79 Å². The second-order valence-corrected chi connectivity index (χ2v) is 11.8. The molecular weight excluding hydrogens is 460 g/mol. The Bertz CT molecular complexity index is 1210. The molecule has 1 aliphatic rings. The number of hydrogen-bond acceptors (Lipinski definition) is 6. The van der Waals surface area contributed by atoms with E-state index in [2.05, 4.69) is 37.1 Å². The van der Waals surface area contributed by atoms with E-state index < -0.39 is 0 Å². The highest BCUT2D eigenvalue weighted by Crippen LogP contribution is 2.39. The number of nitriles is 1. The molecule has 0 radical (unpaired) electrons. The molecule has 1 aliphatic carbocycles. The zero-order chi connectivity index (χ0) is 24.3. The van der Waals surface area contributed by atoms with Crippen LogP contribution in [0.4, 0.5) is 5.13 Å². The predicted molar refractivity (Wildman–Crippen MR) is 140 cm³/mol. The fourth-order valence-electron chi connectivity index (χ4n) is 4.27. The molecule has 1 amide bonds. The van der Waals surface area contributed by atoms with E-state index in [0.717, 1.165) is 36.2 Å². The summed E-state index contributed by atoms with van der Waals surface area (Å²) in [5.41, 5.74) is 4.92. The van der Waals surface area contributed by atoms with Gasteiger partial charge in [0, 0.05) is 16.6 Å². The Hall–Kier alpha value is -2.69. The summed E-state index contributed by atoms with van der Waals surface area (Å²) in [5.74, 6) is 0.470. The Labute approximate surface area is 210 Å². The molecule has 2 atom stereocenters. The minimum atomic E-state index is -0.354.